The SMILES string of the molecule is COc1ccc(C(=O)N/C(=C\c2ccc(-c3cccc([N+](=O)[O-])c3)o2)C(=O)NCc2ccncc2)cc1. The van der Waals surface area contributed by atoms with Gasteiger partial charge in [-0.05, 0) is 54.1 Å². The second-order valence-corrected chi connectivity index (χ2v) is 7.79. The number of carbonyl (C=O) groups excluding carboxylic acids is 2. The predicted octanol–water partition coefficient (Wildman–Crippen LogP) is 4.35. The minimum absolute atomic E-state index is 0.0465. The summed E-state index contributed by atoms with van der Waals surface area (Å²) >= 11 is 0. The third-order valence-electron chi connectivity index (χ3n) is 5.30. The lowest BCUT2D eigenvalue weighted by Gasteiger charge is -2.11. The van der Waals surface area contributed by atoms with Crippen molar-refractivity contribution < 1.29 is 23.7 Å². The Kier molecular flexibility index (Phi) is 7.69. The molecule has 2 aromatic heterocycles. The third-order valence-corrected chi connectivity index (χ3v) is 5.30. The molecule has 2 heterocycles. The minimum Gasteiger partial charge on any atom is -0.497 e. The summed E-state index contributed by atoms with van der Waals surface area (Å²) in [6.45, 7) is 0.216. The molecule has 2 aromatic carbocycles. The molecule has 4 rings (SSSR count). The van der Waals surface area contributed by atoms with Gasteiger partial charge in [0.1, 0.15) is 23.0 Å². The molecule has 4 aromatic rings. The van der Waals surface area contributed by atoms with E-state index in [1.165, 1.54) is 25.3 Å². The van der Waals surface area contributed by atoms with E-state index in [0.717, 1.165) is 5.56 Å². The minimum atomic E-state index is -0.535. The van der Waals surface area contributed by atoms with Crippen molar-refractivity contribution in [2.45, 2.75) is 6.54 Å². The van der Waals surface area contributed by atoms with E-state index in [4.69, 9.17) is 9.15 Å². The van der Waals surface area contributed by atoms with Crippen LogP contribution in [0.4, 0.5) is 5.69 Å². The highest BCUT2D eigenvalue weighted by atomic mass is 16.6. The van der Waals surface area contributed by atoms with E-state index in [0.29, 0.717) is 22.6 Å². The van der Waals surface area contributed by atoms with Crippen molar-refractivity contribution in [3.8, 4) is 17.1 Å². The molecule has 0 aliphatic heterocycles. The summed E-state index contributed by atoms with van der Waals surface area (Å²) in [4.78, 5) is 40.5. The molecule has 0 unspecified atom stereocenters. The van der Waals surface area contributed by atoms with E-state index in [1.54, 1.807) is 73.1 Å². The fourth-order valence-electron chi connectivity index (χ4n) is 3.37. The molecule has 186 valence electrons. The van der Waals surface area contributed by atoms with Crippen LogP contribution in [0.1, 0.15) is 21.7 Å². The molecule has 10 heteroatoms. The Morgan fingerprint density at radius 2 is 1.81 bits per heavy atom. The summed E-state index contributed by atoms with van der Waals surface area (Å²) in [5.41, 5.74) is 1.53. The summed E-state index contributed by atoms with van der Waals surface area (Å²) in [7, 11) is 1.52. The van der Waals surface area contributed by atoms with E-state index in [9.17, 15) is 19.7 Å². The van der Waals surface area contributed by atoms with Gasteiger partial charge in [0, 0.05) is 48.3 Å². The molecule has 0 aliphatic carbocycles. The van der Waals surface area contributed by atoms with Crippen LogP contribution in [0.5, 0.6) is 5.75 Å². The molecule has 0 saturated carbocycles. The number of non-ortho nitro benzene ring substituents is 1. The maximum absolute atomic E-state index is 13.0. The maximum Gasteiger partial charge on any atom is 0.270 e. The Hall–Kier alpha value is -5.25. The van der Waals surface area contributed by atoms with Crippen molar-refractivity contribution in [1.82, 2.24) is 15.6 Å². The van der Waals surface area contributed by atoms with Gasteiger partial charge in [0.2, 0.25) is 0 Å². The molecule has 10 nitrogen and oxygen atoms in total. The summed E-state index contributed by atoms with van der Waals surface area (Å²) in [5.74, 6) is 0.190. The van der Waals surface area contributed by atoms with Gasteiger partial charge in [-0.15, -0.1) is 0 Å². The Morgan fingerprint density at radius 3 is 2.51 bits per heavy atom. The zero-order valence-electron chi connectivity index (χ0n) is 19.7. The molecule has 0 fully saturated rings. The standard InChI is InChI=1S/C27H22N4O6/c1-36-22-7-5-19(6-8-22)26(32)30-24(27(33)29-17-18-11-13-28-14-12-18)16-23-9-10-25(37-23)20-3-2-4-21(15-20)31(34)35/h2-16H,17H2,1H3,(H,29,33)(H,30,32)/b24-16-. The monoisotopic (exact) mass is 498 g/mol. The van der Waals surface area contributed by atoms with Gasteiger partial charge in [-0.1, -0.05) is 12.1 Å². The van der Waals surface area contributed by atoms with E-state index in [1.807, 2.05) is 0 Å². The first-order valence-corrected chi connectivity index (χ1v) is 11.1. The molecule has 0 radical (unpaired) electrons. The van der Waals surface area contributed by atoms with Crippen molar-refractivity contribution in [2.24, 2.45) is 0 Å². The molecule has 0 atom stereocenters. The molecule has 0 saturated heterocycles. The van der Waals surface area contributed by atoms with Crippen LogP contribution in [0.2, 0.25) is 0 Å². The third kappa shape index (κ3) is 6.45. The number of carbonyl (C=O) groups is 2. The van der Waals surface area contributed by atoms with Crippen LogP contribution in [0, 0.1) is 10.1 Å². The van der Waals surface area contributed by atoms with Crippen LogP contribution < -0.4 is 15.4 Å². The lowest BCUT2D eigenvalue weighted by Crippen LogP contribution is -2.34. The fourth-order valence-corrected chi connectivity index (χ4v) is 3.37. The number of methoxy groups -OCH3 is 1. The molecule has 0 aliphatic rings. The molecule has 2 amide bonds. The van der Waals surface area contributed by atoms with Gasteiger partial charge in [0.25, 0.3) is 17.5 Å². The van der Waals surface area contributed by atoms with Crippen molar-refractivity contribution in [1.29, 1.82) is 0 Å². The van der Waals surface area contributed by atoms with Gasteiger partial charge in [0.05, 0.1) is 12.0 Å². The molecule has 0 bridgehead atoms. The number of benzene rings is 2. The lowest BCUT2D eigenvalue weighted by molar-refractivity contribution is -0.384. The van der Waals surface area contributed by atoms with Crippen molar-refractivity contribution in [2.75, 3.05) is 7.11 Å². The smallest absolute Gasteiger partial charge is 0.270 e. The number of nitro benzene ring substituents is 1. The number of nitro groups is 1. The van der Waals surface area contributed by atoms with E-state index in [-0.39, 0.29) is 23.7 Å². The van der Waals surface area contributed by atoms with Crippen LogP contribution in [-0.4, -0.2) is 28.8 Å². The van der Waals surface area contributed by atoms with Crippen LogP contribution in [0.25, 0.3) is 17.4 Å². The maximum atomic E-state index is 13.0. The highest BCUT2D eigenvalue weighted by Gasteiger charge is 2.17. The first-order chi connectivity index (χ1) is 17.9. The van der Waals surface area contributed by atoms with Gasteiger partial charge in [-0.3, -0.25) is 24.7 Å². The largest absolute Gasteiger partial charge is 0.497 e. The first kappa shape index (κ1) is 24.9. The van der Waals surface area contributed by atoms with Crippen molar-refractivity contribution >= 4 is 23.6 Å². The van der Waals surface area contributed by atoms with E-state index < -0.39 is 16.7 Å². The summed E-state index contributed by atoms with van der Waals surface area (Å²) in [5, 5.41) is 16.5. The summed E-state index contributed by atoms with van der Waals surface area (Å²) in [6.07, 6.45) is 4.62. The Morgan fingerprint density at radius 1 is 1.05 bits per heavy atom. The molecule has 37 heavy (non-hydrogen) atoms. The van der Waals surface area contributed by atoms with Crippen LogP contribution >= 0.6 is 0 Å². The highest BCUT2D eigenvalue weighted by molar-refractivity contribution is 6.05. The second-order valence-electron chi connectivity index (χ2n) is 7.79. The Bertz CT molecular complexity index is 1450. The van der Waals surface area contributed by atoms with Crippen LogP contribution in [0.15, 0.2) is 95.3 Å². The van der Waals surface area contributed by atoms with Gasteiger partial charge in [-0.25, -0.2) is 0 Å². The number of nitrogens with one attached hydrogen (secondary N) is 2. The van der Waals surface area contributed by atoms with E-state index >= 15 is 0 Å². The zero-order chi connectivity index (χ0) is 26.2. The zero-order valence-corrected chi connectivity index (χ0v) is 19.7. The molecule has 2 N–H and O–H groups in total. The van der Waals surface area contributed by atoms with Crippen LogP contribution in [-0.2, 0) is 11.3 Å². The quantitative estimate of drug-likeness (QED) is 0.199. The normalized spacial score (nSPS) is 11.0. The summed E-state index contributed by atoms with van der Waals surface area (Å²) < 4.78 is 10.9. The highest BCUT2D eigenvalue weighted by Crippen LogP contribution is 2.26. The molecular formula is C27H22N4O6. The van der Waals surface area contributed by atoms with Crippen molar-refractivity contribution in [3.05, 3.63) is 118 Å². The number of rotatable bonds is 9. The average Bonchev–Trinajstić information content (AvgIpc) is 3.40. The number of hydrogen-bond donors (Lipinski definition) is 2. The molecular weight excluding hydrogens is 476 g/mol. The van der Waals surface area contributed by atoms with Gasteiger partial charge in [0.15, 0.2) is 0 Å². The number of hydrogen-bond acceptors (Lipinski definition) is 7. The lowest BCUT2D eigenvalue weighted by atomic mass is 10.1. The number of aromatic nitrogens is 1. The number of nitrogens with zero attached hydrogens (tertiary/aromatic N) is 2. The summed E-state index contributed by atoms with van der Waals surface area (Å²) in [6, 6.07) is 19.2. The van der Waals surface area contributed by atoms with Gasteiger partial charge in [-0.2, -0.15) is 0 Å². The first-order valence-electron chi connectivity index (χ1n) is 11.1. The van der Waals surface area contributed by atoms with Gasteiger partial charge >= 0.3 is 0 Å². The van der Waals surface area contributed by atoms with Gasteiger partial charge < -0.3 is 19.8 Å². The number of pyridine rings is 1. The van der Waals surface area contributed by atoms with Crippen LogP contribution in [0.3, 0.4) is 0 Å². The Balaban J connectivity index is 1.59. The van der Waals surface area contributed by atoms with Crippen molar-refractivity contribution in [3.63, 3.8) is 0 Å². The predicted molar refractivity (Wildman–Crippen MR) is 135 cm³/mol. The second kappa shape index (κ2) is 11.5. The fraction of sp³-hybridized carbons (Fsp3) is 0.0741. The van der Waals surface area contributed by atoms with E-state index in [2.05, 4.69) is 15.6 Å². The Labute approximate surface area is 211 Å². The number of furan rings is 1. The number of ether oxygens (including phenoxy) is 1. The number of amides is 2. The molecule has 0 spiro atoms. The average molecular weight is 498 g/mol. The topological polar surface area (TPSA) is 137 Å².